The molecule has 1 aliphatic rings. The first kappa shape index (κ1) is 22.9. The average molecular weight is 459 g/mol. The number of hydrazine groups is 1. The number of methoxy groups -OCH3 is 1. The molecule has 1 saturated heterocycles. The summed E-state index contributed by atoms with van der Waals surface area (Å²) in [5.41, 5.74) is 6.15. The number of anilines is 1. The van der Waals surface area contributed by atoms with E-state index < -0.39 is 11.8 Å². The van der Waals surface area contributed by atoms with Crippen LogP contribution in [0.25, 0.3) is 6.08 Å². The number of aryl methyl sites for hydroxylation is 2. The van der Waals surface area contributed by atoms with E-state index in [9.17, 15) is 9.59 Å². The Balaban J connectivity index is 1.42. The van der Waals surface area contributed by atoms with Crippen LogP contribution in [0, 0.1) is 13.8 Å². The monoisotopic (exact) mass is 458 g/mol. The van der Waals surface area contributed by atoms with Gasteiger partial charge >= 0.3 is 0 Å². The van der Waals surface area contributed by atoms with Crippen LogP contribution >= 0.6 is 0 Å². The Morgan fingerprint density at radius 2 is 1.56 bits per heavy atom. The molecule has 0 unspecified atom stereocenters. The van der Waals surface area contributed by atoms with Crippen molar-refractivity contribution in [2.45, 2.75) is 13.8 Å². The Morgan fingerprint density at radius 1 is 0.853 bits per heavy atom. The molecule has 3 aromatic rings. The summed E-state index contributed by atoms with van der Waals surface area (Å²) in [7, 11) is 1.54. The first-order valence-corrected chi connectivity index (χ1v) is 10.9. The fraction of sp³-hybridized carbons (Fsp3) is 0.185. The highest BCUT2D eigenvalue weighted by Crippen LogP contribution is 2.30. The van der Waals surface area contributed by atoms with Crippen molar-refractivity contribution in [2.24, 2.45) is 0 Å². The molecule has 0 aromatic heterocycles. The normalized spacial score (nSPS) is 14.3. The molecule has 1 heterocycles. The Morgan fingerprint density at radius 3 is 2.26 bits per heavy atom. The number of rotatable bonds is 8. The fourth-order valence-corrected chi connectivity index (χ4v) is 3.70. The number of carbonyl (C=O) groups is 2. The minimum Gasteiger partial charge on any atom is -0.493 e. The molecule has 0 saturated carbocycles. The minimum absolute atomic E-state index is 0.0430. The molecule has 2 amide bonds. The van der Waals surface area contributed by atoms with Crippen molar-refractivity contribution < 1.29 is 23.8 Å². The quantitative estimate of drug-likeness (QED) is 0.311. The van der Waals surface area contributed by atoms with Gasteiger partial charge in [-0.1, -0.05) is 30.3 Å². The van der Waals surface area contributed by atoms with E-state index in [4.69, 9.17) is 14.2 Å². The molecule has 0 atom stereocenters. The van der Waals surface area contributed by atoms with Gasteiger partial charge in [-0.2, -0.15) is 0 Å². The van der Waals surface area contributed by atoms with Crippen LogP contribution in [-0.4, -0.2) is 32.1 Å². The Kier molecular flexibility index (Phi) is 6.82. The van der Waals surface area contributed by atoms with E-state index in [1.165, 1.54) is 18.2 Å². The highest BCUT2D eigenvalue weighted by Gasteiger charge is 2.34. The molecule has 3 aromatic carbocycles. The van der Waals surface area contributed by atoms with Crippen molar-refractivity contribution in [3.8, 4) is 17.2 Å². The van der Waals surface area contributed by atoms with Gasteiger partial charge in [0, 0.05) is 0 Å². The molecule has 1 fully saturated rings. The lowest BCUT2D eigenvalue weighted by atomic mass is 10.1. The predicted molar refractivity (Wildman–Crippen MR) is 130 cm³/mol. The summed E-state index contributed by atoms with van der Waals surface area (Å²) in [6.07, 6.45) is 1.54. The van der Waals surface area contributed by atoms with Gasteiger partial charge in [0.25, 0.3) is 11.8 Å². The van der Waals surface area contributed by atoms with Gasteiger partial charge in [-0.25, -0.2) is 5.01 Å². The fourth-order valence-electron chi connectivity index (χ4n) is 3.70. The largest absolute Gasteiger partial charge is 0.493 e. The third-order valence-corrected chi connectivity index (χ3v) is 5.21. The Bertz CT molecular complexity index is 1220. The molecule has 1 N–H and O–H groups in total. The lowest BCUT2D eigenvalue weighted by Gasteiger charge is -2.14. The number of hydrogen-bond donors (Lipinski definition) is 1. The molecule has 0 spiro atoms. The number of amides is 2. The number of carbonyl (C=O) groups excluding carboxylic acids is 2. The van der Waals surface area contributed by atoms with E-state index in [1.807, 2.05) is 32.0 Å². The van der Waals surface area contributed by atoms with Crippen LogP contribution in [0.15, 0.2) is 72.3 Å². The zero-order chi connectivity index (χ0) is 24.1. The van der Waals surface area contributed by atoms with Gasteiger partial charge in [0.2, 0.25) is 0 Å². The highest BCUT2D eigenvalue weighted by atomic mass is 16.5. The first-order valence-electron chi connectivity index (χ1n) is 10.9. The Labute approximate surface area is 198 Å². The summed E-state index contributed by atoms with van der Waals surface area (Å²) in [5.74, 6) is 0.961. The van der Waals surface area contributed by atoms with Crippen LogP contribution in [-0.2, 0) is 9.59 Å². The number of ether oxygens (including phenoxy) is 3. The van der Waals surface area contributed by atoms with Crippen molar-refractivity contribution in [3.63, 3.8) is 0 Å². The zero-order valence-electron chi connectivity index (χ0n) is 19.3. The molecule has 0 bridgehead atoms. The molecule has 34 heavy (non-hydrogen) atoms. The summed E-state index contributed by atoms with van der Waals surface area (Å²) in [6, 6.07) is 20.2. The second kappa shape index (κ2) is 10.1. The molecule has 7 heteroatoms. The predicted octanol–water partition coefficient (Wildman–Crippen LogP) is 4.23. The average Bonchev–Trinajstić information content (AvgIpc) is 3.10. The van der Waals surface area contributed by atoms with Crippen LogP contribution in [0.4, 0.5) is 5.69 Å². The van der Waals surface area contributed by atoms with Crippen molar-refractivity contribution in [1.82, 2.24) is 5.43 Å². The zero-order valence-corrected chi connectivity index (χ0v) is 19.3. The maximum Gasteiger partial charge on any atom is 0.282 e. The van der Waals surface area contributed by atoms with E-state index in [2.05, 4.69) is 11.5 Å². The van der Waals surface area contributed by atoms with Gasteiger partial charge in [-0.15, -0.1) is 0 Å². The van der Waals surface area contributed by atoms with Gasteiger partial charge in [-0.3, -0.25) is 15.0 Å². The Hall–Kier alpha value is -4.26. The standard InChI is InChI=1S/C27H26N2O5/c1-18-13-19(2)15-22(14-18)33-11-12-34-24-10-9-20(17-25(24)32-3)16-23-26(30)28-29(27(23)31)21-7-5-4-6-8-21/h4-10,13-17H,11-12H2,1-3H3,(H,28,30)/b23-16-. The summed E-state index contributed by atoms with van der Waals surface area (Å²) < 4.78 is 17.1. The van der Waals surface area contributed by atoms with Crippen molar-refractivity contribution in [1.29, 1.82) is 0 Å². The van der Waals surface area contributed by atoms with Crippen molar-refractivity contribution >= 4 is 23.6 Å². The molecule has 1 aliphatic heterocycles. The van der Waals surface area contributed by atoms with Crippen LogP contribution in [0.5, 0.6) is 17.2 Å². The maximum absolute atomic E-state index is 12.8. The SMILES string of the molecule is COc1cc(/C=C2/C(=O)NN(c3ccccc3)C2=O)ccc1OCCOc1cc(C)cc(C)c1. The van der Waals surface area contributed by atoms with E-state index in [0.717, 1.165) is 16.9 Å². The first-order chi connectivity index (χ1) is 16.4. The summed E-state index contributed by atoms with van der Waals surface area (Å²) in [4.78, 5) is 25.2. The molecule has 4 rings (SSSR count). The van der Waals surface area contributed by atoms with Gasteiger partial charge in [-0.05, 0) is 73.0 Å². The van der Waals surface area contributed by atoms with Gasteiger partial charge < -0.3 is 14.2 Å². The third-order valence-electron chi connectivity index (χ3n) is 5.21. The molecular formula is C27H26N2O5. The summed E-state index contributed by atoms with van der Waals surface area (Å²) >= 11 is 0. The molecule has 0 aliphatic carbocycles. The van der Waals surface area contributed by atoms with Crippen LogP contribution in [0.1, 0.15) is 16.7 Å². The number of hydrogen-bond acceptors (Lipinski definition) is 5. The topological polar surface area (TPSA) is 77.1 Å². The maximum atomic E-state index is 12.8. The smallest absolute Gasteiger partial charge is 0.282 e. The number of benzene rings is 3. The molecule has 174 valence electrons. The van der Waals surface area contributed by atoms with E-state index >= 15 is 0 Å². The molecule has 7 nitrogen and oxygen atoms in total. The van der Waals surface area contributed by atoms with Crippen LogP contribution < -0.4 is 24.6 Å². The lowest BCUT2D eigenvalue weighted by molar-refractivity contribution is -0.117. The minimum atomic E-state index is -0.461. The highest BCUT2D eigenvalue weighted by molar-refractivity contribution is 6.31. The van der Waals surface area contributed by atoms with E-state index in [0.29, 0.717) is 36.0 Å². The van der Waals surface area contributed by atoms with E-state index in [1.54, 1.807) is 42.5 Å². The number of nitrogens with one attached hydrogen (secondary N) is 1. The molecular weight excluding hydrogens is 432 g/mol. The molecule has 0 radical (unpaired) electrons. The van der Waals surface area contributed by atoms with Gasteiger partial charge in [0.15, 0.2) is 11.5 Å². The summed E-state index contributed by atoms with van der Waals surface area (Å²) in [6.45, 7) is 4.76. The van der Waals surface area contributed by atoms with Crippen LogP contribution in [0.2, 0.25) is 0 Å². The third kappa shape index (κ3) is 5.20. The van der Waals surface area contributed by atoms with Crippen molar-refractivity contribution in [2.75, 3.05) is 25.3 Å². The second-order valence-electron chi connectivity index (χ2n) is 7.91. The number of para-hydroxylation sites is 1. The number of nitrogens with zero attached hydrogens (tertiary/aromatic N) is 1. The lowest BCUT2D eigenvalue weighted by Crippen LogP contribution is -2.35. The van der Waals surface area contributed by atoms with E-state index in [-0.39, 0.29) is 5.57 Å². The summed E-state index contributed by atoms with van der Waals surface area (Å²) in [5, 5.41) is 1.23. The van der Waals surface area contributed by atoms with Crippen LogP contribution in [0.3, 0.4) is 0 Å². The van der Waals surface area contributed by atoms with Gasteiger partial charge in [0.05, 0.1) is 12.8 Å². The second-order valence-corrected chi connectivity index (χ2v) is 7.91. The van der Waals surface area contributed by atoms with Crippen molar-refractivity contribution in [3.05, 3.63) is 89.0 Å². The van der Waals surface area contributed by atoms with Gasteiger partial charge in [0.1, 0.15) is 24.5 Å².